The van der Waals surface area contributed by atoms with Gasteiger partial charge in [0.1, 0.15) is 0 Å². The molecule has 0 aliphatic carbocycles. The Morgan fingerprint density at radius 3 is 2.31 bits per heavy atom. The number of amides is 1. The highest BCUT2D eigenvalue weighted by atomic mass is 16.4. The number of likely N-dealkylation sites (tertiary alicyclic amines) is 1. The van der Waals surface area contributed by atoms with Crippen LogP contribution in [0.3, 0.4) is 0 Å². The van der Waals surface area contributed by atoms with Crippen molar-refractivity contribution in [1.82, 2.24) is 4.90 Å². The summed E-state index contributed by atoms with van der Waals surface area (Å²) in [5.74, 6) is -1.45. The summed E-state index contributed by atoms with van der Waals surface area (Å²) in [5.41, 5.74) is -0.263. The second-order valence-electron chi connectivity index (χ2n) is 4.41. The van der Waals surface area contributed by atoms with Gasteiger partial charge in [-0.05, 0) is 20.8 Å². The van der Waals surface area contributed by atoms with Crippen LogP contribution in [0, 0.1) is 5.92 Å². The molecule has 0 unspecified atom stereocenters. The van der Waals surface area contributed by atoms with Gasteiger partial charge in [-0.15, -0.1) is 0 Å². The van der Waals surface area contributed by atoms with Crippen molar-refractivity contribution < 1.29 is 14.7 Å². The molecule has 1 fully saturated rings. The fraction of sp³-hybridized carbons (Fsp3) is 0.778. The predicted molar refractivity (Wildman–Crippen MR) is 47.2 cm³/mol. The SMILES string of the molecule is CC(C)(C)N1C[C@@H](C(=O)O)CC1=O. The maximum atomic E-state index is 11.4. The predicted octanol–water partition coefficient (Wildman–Crippen LogP) is 0.718. The monoisotopic (exact) mass is 185 g/mol. The number of hydrogen-bond donors (Lipinski definition) is 1. The van der Waals surface area contributed by atoms with Gasteiger partial charge in [0.05, 0.1) is 5.92 Å². The maximum absolute atomic E-state index is 11.4. The lowest BCUT2D eigenvalue weighted by atomic mass is 10.1. The molecule has 4 nitrogen and oxygen atoms in total. The zero-order valence-corrected chi connectivity index (χ0v) is 8.20. The second-order valence-corrected chi connectivity index (χ2v) is 4.41. The van der Waals surface area contributed by atoms with Crippen molar-refractivity contribution in [3.05, 3.63) is 0 Å². The molecule has 1 N–H and O–H groups in total. The molecule has 0 radical (unpaired) electrons. The molecule has 1 heterocycles. The highest BCUT2D eigenvalue weighted by Crippen LogP contribution is 2.25. The van der Waals surface area contributed by atoms with Crippen molar-refractivity contribution >= 4 is 11.9 Å². The van der Waals surface area contributed by atoms with E-state index in [2.05, 4.69) is 0 Å². The fourth-order valence-electron chi connectivity index (χ4n) is 1.52. The lowest BCUT2D eigenvalue weighted by Crippen LogP contribution is -2.42. The molecule has 13 heavy (non-hydrogen) atoms. The van der Waals surface area contributed by atoms with Gasteiger partial charge < -0.3 is 10.0 Å². The summed E-state index contributed by atoms with van der Waals surface area (Å²) < 4.78 is 0. The summed E-state index contributed by atoms with van der Waals surface area (Å²) in [6.07, 6.45) is 0.145. The van der Waals surface area contributed by atoms with Crippen molar-refractivity contribution in [2.75, 3.05) is 6.54 Å². The quantitative estimate of drug-likeness (QED) is 0.654. The van der Waals surface area contributed by atoms with Crippen LogP contribution in [0.4, 0.5) is 0 Å². The summed E-state index contributed by atoms with van der Waals surface area (Å²) in [4.78, 5) is 23.7. The summed E-state index contributed by atoms with van der Waals surface area (Å²) >= 11 is 0. The summed E-state index contributed by atoms with van der Waals surface area (Å²) in [6.45, 7) is 6.08. The topological polar surface area (TPSA) is 57.6 Å². The van der Waals surface area contributed by atoms with Gasteiger partial charge in [-0.25, -0.2) is 0 Å². The molecular formula is C9H15NO3. The Morgan fingerprint density at radius 2 is 2.08 bits per heavy atom. The number of rotatable bonds is 1. The van der Waals surface area contributed by atoms with E-state index in [1.807, 2.05) is 20.8 Å². The van der Waals surface area contributed by atoms with E-state index in [9.17, 15) is 9.59 Å². The number of hydrogen-bond acceptors (Lipinski definition) is 2. The van der Waals surface area contributed by atoms with Gasteiger partial charge in [0.2, 0.25) is 5.91 Å². The van der Waals surface area contributed by atoms with Crippen molar-refractivity contribution in [1.29, 1.82) is 0 Å². The van der Waals surface area contributed by atoms with Crippen LogP contribution in [-0.2, 0) is 9.59 Å². The number of carbonyl (C=O) groups excluding carboxylic acids is 1. The second kappa shape index (κ2) is 3.01. The van der Waals surface area contributed by atoms with Crippen molar-refractivity contribution in [2.24, 2.45) is 5.92 Å². The van der Waals surface area contributed by atoms with Gasteiger partial charge in [0.25, 0.3) is 0 Å². The van der Waals surface area contributed by atoms with Crippen molar-refractivity contribution in [3.63, 3.8) is 0 Å². The Hall–Kier alpha value is -1.06. The minimum atomic E-state index is -0.875. The summed E-state index contributed by atoms with van der Waals surface area (Å²) in [6, 6.07) is 0. The first kappa shape index (κ1) is 10.0. The molecule has 74 valence electrons. The first-order chi connectivity index (χ1) is 5.82. The lowest BCUT2D eigenvalue weighted by Gasteiger charge is -2.31. The van der Waals surface area contributed by atoms with Crippen LogP contribution in [0.15, 0.2) is 0 Å². The molecule has 0 bridgehead atoms. The van der Waals surface area contributed by atoms with Gasteiger partial charge in [-0.2, -0.15) is 0 Å². The number of carboxylic acids is 1. The smallest absolute Gasteiger partial charge is 0.308 e. The first-order valence-corrected chi connectivity index (χ1v) is 4.35. The highest BCUT2D eigenvalue weighted by Gasteiger charge is 2.39. The van der Waals surface area contributed by atoms with Crippen LogP contribution in [0.25, 0.3) is 0 Å². The third-order valence-electron chi connectivity index (χ3n) is 2.28. The van der Waals surface area contributed by atoms with Crippen LogP contribution in [0.1, 0.15) is 27.2 Å². The molecule has 1 atom stereocenters. The van der Waals surface area contributed by atoms with E-state index in [1.54, 1.807) is 4.90 Å². The van der Waals surface area contributed by atoms with Crippen LogP contribution < -0.4 is 0 Å². The van der Waals surface area contributed by atoms with E-state index in [0.717, 1.165) is 0 Å². The Morgan fingerprint density at radius 1 is 1.54 bits per heavy atom. The van der Waals surface area contributed by atoms with Crippen molar-refractivity contribution in [3.8, 4) is 0 Å². The van der Waals surface area contributed by atoms with Crippen LogP contribution in [0.5, 0.6) is 0 Å². The number of carbonyl (C=O) groups is 2. The van der Waals surface area contributed by atoms with E-state index in [0.29, 0.717) is 6.54 Å². The molecule has 1 amide bonds. The largest absolute Gasteiger partial charge is 0.481 e. The van der Waals surface area contributed by atoms with Gasteiger partial charge in [-0.3, -0.25) is 9.59 Å². The Balaban J connectivity index is 2.73. The Bertz CT molecular complexity index is 242. The molecule has 1 aliphatic heterocycles. The normalized spacial score (nSPS) is 23.8. The summed E-state index contributed by atoms with van der Waals surface area (Å²) in [7, 11) is 0. The third kappa shape index (κ3) is 1.99. The molecule has 1 aliphatic rings. The van der Waals surface area contributed by atoms with Gasteiger partial charge >= 0.3 is 5.97 Å². The number of nitrogens with zero attached hydrogens (tertiary/aromatic N) is 1. The maximum Gasteiger partial charge on any atom is 0.308 e. The van der Waals surface area contributed by atoms with E-state index >= 15 is 0 Å². The van der Waals surface area contributed by atoms with E-state index < -0.39 is 11.9 Å². The molecule has 0 saturated carbocycles. The molecule has 0 aromatic carbocycles. The van der Waals surface area contributed by atoms with Crippen molar-refractivity contribution in [2.45, 2.75) is 32.7 Å². The van der Waals surface area contributed by atoms with E-state index in [4.69, 9.17) is 5.11 Å². The molecule has 1 rings (SSSR count). The van der Waals surface area contributed by atoms with Gasteiger partial charge in [0.15, 0.2) is 0 Å². The number of carboxylic acid groups (broad SMARTS) is 1. The molecule has 0 aromatic rings. The zero-order valence-electron chi connectivity index (χ0n) is 8.20. The first-order valence-electron chi connectivity index (χ1n) is 4.35. The molecule has 1 saturated heterocycles. The van der Waals surface area contributed by atoms with Gasteiger partial charge in [-0.1, -0.05) is 0 Å². The third-order valence-corrected chi connectivity index (χ3v) is 2.28. The fourth-order valence-corrected chi connectivity index (χ4v) is 1.52. The Kier molecular flexibility index (Phi) is 2.32. The van der Waals surface area contributed by atoms with Gasteiger partial charge in [0, 0.05) is 18.5 Å². The average Bonchev–Trinajstić information content (AvgIpc) is 2.29. The summed E-state index contributed by atoms with van der Waals surface area (Å²) in [5, 5.41) is 8.74. The van der Waals surface area contributed by atoms with E-state index in [1.165, 1.54) is 0 Å². The van der Waals surface area contributed by atoms with Crippen LogP contribution >= 0.6 is 0 Å². The Labute approximate surface area is 77.5 Å². The van der Waals surface area contributed by atoms with Crippen LogP contribution in [0.2, 0.25) is 0 Å². The lowest BCUT2D eigenvalue weighted by molar-refractivity contribution is -0.141. The zero-order chi connectivity index (χ0) is 10.2. The molecular weight excluding hydrogens is 170 g/mol. The highest BCUT2D eigenvalue weighted by molar-refractivity contribution is 5.86. The minimum absolute atomic E-state index is 0.0556. The van der Waals surface area contributed by atoms with Crippen LogP contribution in [-0.4, -0.2) is 34.0 Å². The van der Waals surface area contributed by atoms with E-state index in [-0.39, 0.29) is 17.9 Å². The molecule has 4 heteroatoms. The molecule has 0 spiro atoms. The number of aliphatic carboxylic acids is 1. The standard InChI is InChI=1S/C9H15NO3/c1-9(2,3)10-5-6(8(12)13)4-7(10)11/h6H,4-5H2,1-3H3,(H,12,13)/t6-/m0/s1. The average molecular weight is 185 g/mol. The molecule has 0 aromatic heterocycles. The minimum Gasteiger partial charge on any atom is -0.481 e.